The van der Waals surface area contributed by atoms with E-state index in [0.717, 1.165) is 6.42 Å². The first-order valence-electron chi connectivity index (χ1n) is 6.49. The molecule has 0 saturated carbocycles. The molecule has 0 aromatic heterocycles. The minimum atomic E-state index is -1.03. The predicted octanol–water partition coefficient (Wildman–Crippen LogP) is 0.654. The van der Waals surface area contributed by atoms with Gasteiger partial charge in [-0.15, -0.1) is 0 Å². The van der Waals surface area contributed by atoms with Gasteiger partial charge in [-0.05, 0) is 37.1 Å². The van der Waals surface area contributed by atoms with E-state index in [9.17, 15) is 14.7 Å². The van der Waals surface area contributed by atoms with Gasteiger partial charge >= 0.3 is 5.97 Å². The highest BCUT2D eigenvalue weighted by molar-refractivity contribution is 5.95. The third-order valence-electron chi connectivity index (χ3n) is 3.26. The Labute approximate surface area is 116 Å². The summed E-state index contributed by atoms with van der Waals surface area (Å²) < 4.78 is 5.38. The number of ether oxygens (including phenoxy) is 1. The van der Waals surface area contributed by atoms with Crippen molar-refractivity contribution in [2.45, 2.75) is 25.0 Å². The molecule has 0 bridgehead atoms. The van der Waals surface area contributed by atoms with E-state index in [0.29, 0.717) is 18.6 Å². The predicted molar refractivity (Wildman–Crippen MR) is 70.7 cm³/mol. The maximum Gasteiger partial charge on any atom is 0.335 e. The average molecular weight is 279 g/mol. The van der Waals surface area contributed by atoms with Crippen LogP contribution in [0.4, 0.5) is 0 Å². The number of nitrogens with one attached hydrogen (secondary N) is 1. The van der Waals surface area contributed by atoms with Gasteiger partial charge in [-0.2, -0.15) is 0 Å². The summed E-state index contributed by atoms with van der Waals surface area (Å²) in [5, 5.41) is 21.2. The van der Waals surface area contributed by atoms with Crippen LogP contribution in [0, 0.1) is 0 Å². The summed E-state index contributed by atoms with van der Waals surface area (Å²) in [5.41, 5.74) is 0.507. The largest absolute Gasteiger partial charge is 0.478 e. The molecule has 1 aromatic rings. The van der Waals surface area contributed by atoms with Crippen LogP contribution >= 0.6 is 0 Å². The zero-order valence-corrected chi connectivity index (χ0v) is 10.9. The normalized spacial score (nSPS) is 22.2. The van der Waals surface area contributed by atoms with Gasteiger partial charge in [0.1, 0.15) is 6.10 Å². The molecule has 0 radical (unpaired) electrons. The van der Waals surface area contributed by atoms with Gasteiger partial charge < -0.3 is 20.3 Å². The van der Waals surface area contributed by atoms with Crippen LogP contribution in [0.15, 0.2) is 24.3 Å². The molecule has 1 fully saturated rings. The summed E-state index contributed by atoms with van der Waals surface area (Å²) >= 11 is 0. The molecule has 1 aliphatic heterocycles. The smallest absolute Gasteiger partial charge is 0.335 e. The molecule has 1 aliphatic rings. The number of amides is 1. The number of aliphatic hydroxyl groups excluding tert-OH is 1. The van der Waals surface area contributed by atoms with Crippen molar-refractivity contribution in [2.75, 3.05) is 13.2 Å². The zero-order chi connectivity index (χ0) is 14.5. The maximum atomic E-state index is 11.9. The summed E-state index contributed by atoms with van der Waals surface area (Å²) in [7, 11) is 0. The van der Waals surface area contributed by atoms with Crippen LogP contribution in [0.25, 0.3) is 0 Å². The molecule has 2 unspecified atom stereocenters. The van der Waals surface area contributed by atoms with Crippen molar-refractivity contribution in [1.29, 1.82) is 0 Å². The van der Waals surface area contributed by atoms with E-state index in [-0.39, 0.29) is 24.1 Å². The Balaban J connectivity index is 1.89. The van der Waals surface area contributed by atoms with Gasteiger partial charge in [0.15, 0.2) is 0 Å². The van der Waals surface area contributed by atoms with Crippen molar-refractivity contribution in [2.24, 2.45) is 0 Å². The Morgan fingerprint density at radius 3 is 2.50 bits per heavy atom. The molecule has 108 valence electrons. The molecule has 2 rings (SSSR count). The van der Waals surface area contributed by atoms with Crippen LogP contribution in [-0.4, -0.2) is 47.4 Å². The summed E-state index contributed by atoms with van der Waals surface area (Å²) in [6.07, 6.45) is 0.556. The number of benzene rings is 1. The van der Waals surface area contributed by atoms with Gasteiger partial charge in [-0.1, -0.05) is 0 Å². The van der Waals surface area contributed by atoms with Crippen LogP contribution in [0.3, 0.4) is 0 Å². The molecule has 1 amide bonds. The second kappa shape index (κ2) is 6.49. The lowest BCUT2D eigenvalue weighted by Gasteiger charge is -2.28. The number of carboxylic acids is 1. The maximum absolute atomic E-state index is 11.9. The Kier molecular flexibility index (Phi) is 4.70. The summed E-state index contributed by atoms with van der Waals surface area (Å²) in [5.74, 6) is -1.35. The highest BCUT2D eigenvalue weighted by Crippen LogP contribution is 2.13. The number of hydrogen-bond acceptors (Lipinski definition) is 4. The van der Waals surface area contributed by atoms with E-state index < -0.39 is 12.1 Å². The van der Waals surface area contributed by atoms with Gasteiger partial charge in [-0.3, -0.25) is 4.79 Å². The van der Waals surface area contributed by atoms with Crippen molar-refractivity contribution in [3.63, 3.8) is 0 Å². The molecule has 6 heteroatoms. The first kappa shape index (κ1) is 14.5. The third-order valence-corrected chi connectivity index (χ3v) is 3.26. The van der Waals surface area contributed by atoms with E-state index in [2.05, 4.69) is 5.32 Å². The lowest BCUT2D eigenvalue weighted by atomic mass is 10.1. The molecule has 2 atom stereocenters. The topological polar surface area (TPSA) is 95.9 Å². The fourth-order valence-electron chi connectivity index (χ4n) is 2.08. The monoisotopic (exact) mass is 279 g/mol. The van der Waals surface area contributed by atoms with Crippen LogP contribution in [-0.2, 0) is 4.74 Å². The number of aliphatic hydroxyl groups is 1. The number of rotatable bonds is 4. The number of carboxylic acid groups (broad SMARTS) is 1. The molecule has 3 N–H and O–H groups in total. The zero-order valence-electron chi connectivity index (χ0n) is 10.9. The van der Waals surface area contributed by atoms with E-state index in [4.69, 9.17) is 9.84 Å². The second-order valence-electron chi connectivity index (χ2n) is 4.71. The Bertz CT molecular complexity index is 485. The van der Waals surface area contributed by atoms with Gasteiger partial charge in [0.05, 0.1) is 11.7 Å². The number of aromatic carboxylic acids is 1. The van der Waals surface area contributed by atoms with Crippen LogP contribution in [0.5, 0.6) is 0 Å². The Hall–Kier alpha value is -1.92. The highest BCUT2D eigenvalue weighted by Gasteiger charge is 2.24. The SMILES string of the molecule is O=C(O)c1ccc(C(=O)NCC2OCCCC2O)cc1. The first-order chi connectivity index (χ1) is 9.58. The van der Waals surface area contributed by atoms with Crippen LogP contribution < -0.4 is 5.32 Å². The van der Waals surface area contributed by atoms with Crippen LogP contribution in [0.1, 0.15) is 33.6 Å². The van der Waals surface area contributed by atoms with Gasteiger partial charge in [-0.25, -0.2) is 4.79 Å². The van der Waals surface area contributed by atoms with E-state index in [1.54, 1.807) is 0 Å². The molecule has 1 saturated heterocycles. The first-order valence-corrected chi connectivity index (χ1v) is 6.49. The fraction of sp³-hybridized carbons (Fsp3) is 0.429. The van der Waals surface area contributed by atoms with Crippen molar-refractivity contribution >= 4 is 11.9 Å². The molecule has 6 nitrogen and oxygen atoms in total. The number of hydrogen-bond donors (Lipinski definition) is 3. The number of carbonyl (C=O) groups excluding carboxylic acids is 1. The molecule has 1 aromatic carbocycles. The Morgan fingerprint density at radius 1 is 1.25 bits per heavy atom. The van der Waals surface area contributed by atoms with Crippen molar-refractivity contribution in [3.05, 3.63) is 35.4 Å². The molecule has 0 aliphatic carbocycles. The molecular weight excluding hydrogens is 262 g/mol. The molecule has 20 heavy (non-hydrogen) atoms. The van der Waals surface area contributed by atoms with E-state index >= 15 is 0 Å². The number of carbonyl (C=O) groups is 2. The van der Waals surface area contributed by atoms with Crippen LogP contribution in [0.2, 0.25) is 0 Å². The van der Waals surface area contributed by atoms with Gasteiger partial charge in [0.2, 0.25) is 0 Å². The third kappa shape index (κ3) is 3.55. The molecule has 0 spiro atoms. The molecular formula is C14H17NO5. The lowest BCUT2D eigenvalue weighted by molar-refractivity contribution is -0.0707. The lowest BCUT2D eigenvalue weighted by Crippen LogP contribution is -2.43. The Morgan fingerprint density at radius 2 is 1.90 bits per heavy atom. The minimum absolute atomic E-state index is 0.132. The fourth-order valence-corrected chi connectivity index (χ4v) is 2.08. The van der Waals surface area contributed by atoms with Crippen molar-refractivity contribution in [3.8, 4) is 0 Å². The van der Waals surface area contributed by atoms with Crippen molar-refractivity contribution in [1.82, 2.24) is 5.32 Å². The van der Waals surface area contributed by atoms with Gasteiger partial charge in [0.25, 0.3) is 5.91 Å². The average Bonchev–Trinajstić information content (AvgIpc) is 2.46. The quantitative estimate of drug-likeness (QED) is 0.752. The summed E-state index contributed by atoms with van der Waals surface area (Å²) in [6.45, 7) is 0.825. The van der Waals surface area contributed by atoms with E-state index in [1.165, 1.54) is 24.3 Å². The minimum Gasteiger partial charge on any atom is -0.478 e. The molecule has 1 heterocycles. The van der Waals surface area contributed by atoms with Gasteiger partial charge in [0, 0.05) is 18.7 Å². The van der Waals surface area contributed by atoms with Crippen molar-refractivity contribution < 1.29 is 24.5 Å². The standard InChI is InChI=1S/C14H17NO5/c16-11-2-1-7-20-12(11)8-15-13(17)9-3-5-10(6-4-9)14(18)19/h3-6,11-12,16H,1-2,7-8H2,(H,15,17)(H,18,19). The summed E-state index contributed by atoms with van der Waals surface area (Å²) in [6, 6.07) is 5.67. The summed E-state index contributed by atoms with van der Waals surface area (Å²) in [4.78, 5) is 22.6. The van der Waals surface area contributed by atoms with E-state index in [1.807, 2.05) is 0 Å². The highest BCUT2D eigenvalue weighted by atomic mass is 16.5. The second-order valence-corrected chi connectivity index (χ2v) is 4.71.